The van der Waals surface area contributed by atoms with E-state index in [1.165, 1.54) is 7.11 Å². The van der Waals surface area contributed by atoms with Crippen LogP contribution in [0.25, 0.3) is 11.1 Å². The zero-order valence-electron chi connectivity index (χ0n) is 13.5. The van der Waals surface area contributed by atoms with E-state index in [2.05, 4.69) is 4.98 Å². The van der Waals surface area contributed by atoms with Gasteiger partial charge in [0, 0.05) is 27.9 Å². The molecule has 6 nitrogen and oxygen atoms in total. The number of primary amides is 1. The molecule has 2 N–H and O–H groups in total. The molecule has 126 valence electrons. The molecule has 1 aromatic heterocycles. The lowest BCUT2D eigenvalue weighted by Gasteiger charge is -2.21. The Labute approximate surface area is 144 Å². The molecule has 0 saturated carbocycles. The van der Waals surface area contributed by atoms with Crippen LogP contribution in [-0.2, 0) is 4.74 Å². The number of ether oxygens (including phenoxy) is 2. The highest BCUT2D eigenvalue weighted by Crippen LogP contribution is 2.42. The van der Waals surface area contributed by atoms with Gasteiger partial charge >= 0.3 is 6.09 Å². The van der Waals surface area contributed by atoms with Crippen LogP contribution in [0.15, 0.2) is 24.4 Å². The Morgan fingerprint density at radius 2 is 2.12 bits per heavy atom. The molecule has 0 fully saturated rings. The van der Waals surface area contributed by atoms with Crippen LogP contribution in [-0.4, -0.2) is 24.5 Å². The second-order valence-corrected chi connectivity index (χ2v) is 5.56. The van der Waals surface area contributed by atoms with Gasteiger partial charge < -0.3 is 15.2 Å². The number of hydrogen-bond acceptors (Lipinski definition) is 5. The quantitative estimate of drug-likeness (QED) is 0.832. The highest BCUT2D eigenvalue weighted by Gasteiger charge is 2.22. The van der Waals surface area contributed by atoms with E-state index in [0.717, 1.165) is 11.1 Å². The number of benzene rings is 1. The minimum Gasteiger partial charge on any atom is -0.496 e. The Morgan fingerprint density at radius 1 is 1.42 bits per heavy atom. The van der Waals surface area contributed by atoms with E-state index in [1.54, 1.807) is 31.3 Å². The van der Waals surface area contributed by atoms with Crippen molar-refractivity contribution in [1.29, 1.82) is 0 Å². The van der Waals surface area contributed by atoms with Gasteiger partial charge in [-0.3, -0.25) is 9.78 Å². The molecule has 1 aromatic carbocycles. The van der Waals surface area contributed by atoms with Crippen LogP contribution in [0.3, 0.4) is 0 Å². The lowest BCUT2D eigenvalue weighted by atomic mass is 9.95. The largest absolute Gasteiger partial charge is 0.496 e. The van der Waals surface area contributed by atoms with Gasteiger partial charge in [0.2, 0.25) is 0 Å². The fraction of sp³-hybridized carbons (Fsp3) is 0.235. The minimum atomic E-state index is -0.889. The average Bonchev–Trinajstić information content (AvgIpc) is 2.56. The molecule has 2 aromatic rings. The summed E-state index contributed by atoms with van der Waals surface area (Å²) < 4.78 is 10.6. The van der Waals surface area contributed by atoms with Crippen molar-refractivity contribution in [2.24, 2.45) is 5.73 Å². The first-order chi connectivity index (χ1) is 11.4. The number of carbonyl (C=O) groups excluding carboxylic acids is 2. The molecule has 0 spiro atoms. The summed E-state index contributed by atoms with van der Waals surface area (Å²) in [5, 5.41) is 0.486. The van der Waals surface area contributed by atoms with Crippen LogP contribution >= 0.6 is 11.6 Å². The third-order valence-corrected chi connectivity index (χ3v) is 4.03. The molecule has 7 heteroatoms. The summed E-state index contributed by atoms with van der Waals surface area (Å²) in [6.07, 6.45) is 0.699. The summed E-state index contributed by atoms with van der Waals surface area (Å²) in [5.74, 6) is 0.506. The third kappa shape index (κ3) is 3.49. The van der Waals surface area contributed by atoms with Gasteiger partial charge in [0.1, 0.15) is 17.5 Å². The van der Waals surface area contributed by atoms with Crippen molar-refractivity contribution < 1.29 is 19.1 Å². The monoisotopic (exact) mass is 348 g/mol. The van der Waals surface area contributed by atoms with Crippen LogP contribution in [0.5, 0.6) is 5.75 Å². The molecule has 0 aliphatic carbocycles. The predicted octanol–water partition coefficient (Wildman–Crippen LogP) is 3.69. The lowest BCUT2D eigenvalue weighted by molar-refractivity contribution is 0.111. The Bertz CT molecular complexity index is 775. The highest BCUT2D eigenvalue weighted by molar-refractivity contribution is 6.32. The van der Waals surface area contributed by atoms with Gasteiger partial charge in [-0.05, 0) is 31.5 Å². The van der Waals surface area contributed by atoms with Gasteiger partial charge in [-0.25, -0.2) is 4.79 Å². The Kier molecular flexibility index (Phi) is 5.41. The van der Waals surface area contributed by atoms with E-state index < -0.39 is 12.2 Å². The van der Waals surface area contributed by atoms with Crippen LogP contribution in [0.2, 0.25) is 5.02 Å². The zero-order valence-corrected chi connectivity index (χ0v) is 14.3. The van der Waals surface area contributed by atoms with E-state index in [1.807, 2.05) is 6.92 Å². The number of carbonyl (C=O) groups is 2. The molecule has 0 aliphatic heterocycles. The minimum absolute atomic E-state index is 0.322. The van der Waals surface area contributed by atoms with Gasteiger partial charge in [0.25, 0.3) is 0 Å². The molecule has 24 heavy (non-hydrogen) atoms. The smallest absolute Gasteiger partial charge is 0.405 e. The van der Waals surface area contributed by atoms with Gasteiger partial charge in [-0.2, -0.15) is 0 Å². The molecule has 0 aliphatic rings. The molecule has 1 heterocycles. The third-order valence-electron chi connectivity index (χ3n) is 3.64. The first-order valence-corrected chi connectivity index (χ1v) is 7.51. The summed E-state index contributed by atoms with van der Waals surface area (Å²) >= 11 is 6.33. The molecule has 1 unspecified atom stereocenters. The van der Waals surface area contributed by atoms with Crippen LogP contribution in [0.4, 0.5) is 4.79 Å². The average molecular weight is 349 g/mol. The van der Waals surface area contributed by atoms with E-state index in [0.29, 0.717) is 33.9 Å². The van der Waals surface area contributed by atoms with Crippen molar-refractivity contribution in [2.75, 3.05) is 7.11 Å². The summed E-state index contributed by atoms with van der Waals surface area (Å²) in [7, 11) is 1.51. The molecule has 0 radical (unpaired) electrons. The number of nitrogens with zero attached hydrogens (tertiary/aromatic N) is 1. The highest BCUT2D eigenvalue weighted by atomic mass is 35.5. The van der Waals surface area contributed by atoms with Crippen molar-refractivity contribution in [3.8, 4) is 16.9 Å². The Balaban J connectivity index is 2.66. The summed E-state index contributed by atoms with van der Waals surface area (Å²) in [4.78, 5) is 25.9. The van der Waals surface area contributed by atoms with E-state index in [-0.39, 0.29) is 0 Å². The molecule has 0 bridgehead atoms. The predicted molar refractivity (Wildman–Crippen MR) is 90.4 cm³/mol. The van der Waals surface area contributed by atoms with Gasteiger partial charge in [-0.15, -0.1) is 0 Å². The molecule has 1 amide bonds. The SMILES string of the molecule is COc1c(C(C)OC(N)=O)cc(Cl)c(C)c1-c1ccc(C=O)nc1. The Morgan fingerprint density at radius 3 is 2.62 bits per heavy atom. The fourth-order valence-electron chi connectivity index (χ4n) is 2.47. The molecular formula is C17H17ClN2O4. The van der Waals surface area contributed by atoms with E-state index in [4.69, 9.17) is 26.8 Å². The van der Waals surface area contributed by atoms with E-state index >= 15 is 0 Å². The first kappa shape index (κ1) is 17.7. The van der Waals surface area contributed by atoms with E-state index in [9.17, 15) is 9.59 Å². The number of nitrogens with two attached hydrogens (primary N) is 1. The maximum absolute atomic E-state index is 11.0. The maximum atomic E-state index is 11.0. The Hall–Kier alpha value is -2.60. The van der Waals surface area contributed by atoms with Gasteiger partial charge in [0.05, 0.1) is 7.11 Å². The van der Waals surface area contributed by atoms with Crippen molar-refractivity contribution in [2.45, 2.75) is 20.0 Å². The maximum Gasteiger partial charge on any atom is 0.405 e. The number of aldehydes is 1. The number of aromatic nitrogens is 1. The number of pyridine rings is 1. The lowest BCUT2D eigenvalue weighted by Crippen LogP contribution is -2.16. The standard InChI is InChI=1S/C17H17ClN2O4/c1-9-14(18)6-13(10(2)24-17(19)22)16(23-3)15(9)11-4-5-12(8-21)20-7-11/h4-8,10H,1-3H3,(H2,19,22). The number of amides is 1. The number of hydrogen-bond donors (Lipinski definition) is 1. The molecular weight excluding hydrogens is 332 g/mol. The van der Waals surface area contributed by atoms with Crippen LogP contribution in [0.1, 0.15) is 34.6 Å². The summed E-state index contributed by atoms with van der Waals surface area (Å²) in [6.45, 7) is 3.52. The molecule has 0 saturated heterocycles. The number of methoxy groups -OCH3 is 1. The normalized spacial score (nSPS) is 11.7. The first-order valence-electron chi connectivity index (χ1n) is 7.13. The second kappa shape index (κ2) is 7.31. The second-order valence-electron chi connectivity index (χ2n) is 5.15. The summed E-state index contributed by atoms with van der Waals surface area (Å²) in [5.41, 5.74) is 8.22. The van der Waals surface area contributed by atoms with Crippen LogP contribution < -0.4 is 10.5 Å². The van der Waals surface area contributed by atoms with Gasteiger partial charge in [-0.1, -0.05) is 17.7 Å². The van der Waals surface area contributed by atoms with Crippen molar-refractivity contribution in [1.82, 2.24) is 4.98 Å². The molecule has 1 atom stereocenters. The topological polar surface area (TPSA) is 91.5 Å². The molecule has 2 rings (SSSR count). The fourth-order valence-corrected chi connectivity index (χ4v) is 2.69. The van der Waals surface area contributed by atoms with Crippen molar-refractivity contribution in [3.63, 3.8) is 0 Å². The van der Waals surface area contributed by atoms with Gasteiger partial charge in [0.15, 0.2) is 6.29 Å². The van der Waals surface area contributed by atoms with Crippen molar-refractivity contribution in [3.05, 3.63) is 46.2 Å². The van der Waals surface area contributed by atoms with Crippen molar-refractivity contribution >= 4 is 24.0 Å². The number of halogens is 1. The zero-order chi connectivity index (χ0) is 17.9. The number of rotatable bonds is 5. The van der Waals surface area contributed by atoms with Crippen LogP contribution in [0, 0.1) is 6.92 Å². The summed E-state index contributed by atoms with van der Waals surface area (Å²) in [6, 6.07) is 5.03.